The molecule has 4 heteroatoms. The number of benzene rings is 1. The number of rotatable bonds is 8. The summed E-state index contributed by atoms with van der Waals surface area (Å²) >= 11 is 1.92. The van der Waals surface area contributed by atoms with E-state index in [0.717, 1.165) is 12.2 Å². The summed E-state index contributed by atoms with van der Waals surface area (Å²) in [6.45, 7) is 2.81. The van der Waals surface area contributed by atoms with Gasteiger partial charge in [0, 0.05) is 0 Å². The molecule has 1 aromatic rings. The molecule has 0 bridgehead atoms. The van der Waals surface area contributed by atoms with Crippen molar-refractivity contribution in [3.8, 4) is 5.75 Å². The van der Waals surface area contributed by atoms with E-state index in [4.69, 9.17) is 9.84 Å². The van der Waals surface area contributed by atoms with Gasteiger partial charge in [-0.15, -0.1) is 0 Å². The average molecular weight is 254 g/mol. The van der Waals surface area contributed by atoms with Crippen LogP contribution in [-0.4, -0.2) is 29.2 Å². The third kappa shape index (κ3) is 5.63. The van der Waals surface area contributed by atoms with Crippen molar-refractivity contribution in [3.63, 3.8) is 0 Å². The monoisotopic (exact) mass is 254 g/mol. The molecule has 0 atom stereocenters. The van der Waals surface area contributed by atoms with Gasteiger partial charge in [-0.1, -0.05) is 13.0 Å². The number of aromatic carboxylic acids is 1. The predicted octanol–water partition coefficient (Wildman–Crippen LogP) is 3.30. The Morgan fingerprint density at radius 1 is 1.41 bits per heavy atom. The lowest BCUT2D eigenvalue weighted by molar-refractivity contribution is 0.0696. The van der Waals surface area contributed by atoms with Crippen LogP contribution in [0, 0.1) is 0 Å². The van der Waals surface area contributed by atoms with Gasteiger partial charge in [-0.2, -0.15) is 11.8 Å². The Bertz CT molecular complexity index is 352. The first-order valence-electron chi connectivity index (χ1n) is 5.78. The van der Waals surface area contributed by atoms with Crippen LogP contribution in [0.4, 0.5) is 0 Å². The summed E-state index contributed by atoms with van der Waals surface area (Å²) in [5.74, 6) is 1.99. The second kappa shape index (κ2) is 8.01. The van der Waals surface area contributed by atoms with E-state index in [0.29, 0.717) is 12.4 Å². The third-order valence-corrected chi connectivity index (χ3v) is 3.41. The smallest absolute Gasteiger partial charge is 0.335 e. The van der Waals surface area contributed by atoms with Crippen molar-refractivity contribution in [1.82, 2.24) is 0 Å². The van der Waals surface area contributed by atoms with Crippen LogP contribution < -0.4 is 4.74 Å². The highest BCUT2D eigenvalue weighted by Gasteiger charge is 2.03. The molecule has 0 aliphatic rings. The molecule has 0 spiro atoms. The van der Waals surface area contributed by atoms with Crippen molar-refractivity contribution in [2.75, 3.05) is 18.1 Å². The van der Waals surface area contributed by atoms with Crippen LogP contribution in [0.3, 0.4) is 0 Å². The van der Waals surface area contributed by atoms with Gasteiger partial charge in [-0.25, -0.2) is 4.79 Å². The summed E-state index contributed by atoms with van der Waals surface area (Å²) < 4.78 is 5.50. The summed E-state index contributed by atoms with van der Waals surface area (Å²) in [4.78, 5) is 10.7. The van der Waals surface area contributed by atoms with Crippen LogP contribution in [0.2, 0.25) is 0 Å². The Kier molecular flexibility index (Phi) is 6.55. The van der Waals surface area contributed by atoms with E-state index in [9.17, 15) is 4.79 Å². The lowest BCUT2D eigenvalue weighted by Crippen LogP contribution is -2.01. The van der Waals surface area contributed by atoms with Crippen molar-refractivity contribution in [3.05, 3.63) is 29.8 Å². The fraction of sp³-hybridized carbons (Fsp3) is 0.462. The van der Waals surface area contributed by atoms with Crippen molar-refractivity contribution in [2.45, 2.75) is 19.8 Å². The Balaban J connectivity index is 2.27. The summed E-state index contributed by atoms with van der Waals surface area (Å²) in [6.07, 6.45) is 2.19. The van der Waals surface area contributed by atoms with Crippen molar-refractivity contribution in [2.24, 2.45) is 0 Å². The van der Waals surface area contributed by atoms with E-state index in [1.54, 1.807) is 24.3 Å². The summed E-state index contributed by atoms with van der Waals surface area (Å²) in [5.41, 5.74) is 0.267. The van der Waals surface area contributed by atoms with Crippen LogP contribution >= 0.6 is 11.8 Å². The maximum absolute atomic E-state index is 10.7. The molecule has 0 amide bonds. The molecule has 0 fully saturated rings. The first-order chi connectivity index (χ1) is 8.24. The van der Waals surface area contributed by atoms with Gasteiger partial charge < -0.3 is 9.84 Å². The summed E-state index contributed by atoms with van der Waals surface area (Å²) in [6, 6.07) is 6.60. The minimum absolute atomic E-state index is 0.267. The molecule has 1 N–H and O–H groups in total. The number of ether oxygens (including phenoxy) is 1. The Morgan fingerprint density at radius 2 is 2.24 bits per heavy atom. The molecule has 0 aromatic heterocycles. The molecule has 17 heavy (non-hydrogen) atoms. The van der Waals surface area contributed by atoms with E-state index in [-0.39, 0.29) is 5.56 Å². The quantitative estimate of drug-likeness (QED) is 0.723. The summed E-state index contributed by atoms with van der Waals surface area (Å²) in [7, 11) is 0. The van der Waals surface area contributed by atoms with Gasteiger partial charge in [-0.3, -0.25) is 0 Å². The number of carbonyl (C=O) groups is 1. The molecule has 0 aliphatic carbocycles. The Hall–Kier alpha value is -1.16. The number of hydrogen-bond donors (Lipinski definition) is 1. The number of carboxylic acid groups (broad SMARTS) is 1. The molecule has 1 aromatic carbocycles. The Labute approximate surface area is 106 Å². The van der Waals surface area contributed by atoms with Gasteiger partial charge in [-0.05, 0) is 42.5 Å². The topological polar surface area (TPSA) is 46.5 Å². The molecule has 1 rings (SSSR count). The van der Waals surface area contributed by atoms with Crippen LogP contribution in [0.15, 0.2) is 24.3 Å². The highest BCUT2D eigenvalue weighted by atomic mass is 32.2. The van der Waals surface area contributed by atoms with E-state index >= 15 is 0 Å². The number of hydrogen-bond acceptors (Lipinski definition) is 3. The minimum atomic E-state index is -0.922. The molecule has 0 radical (unpaired) electrons. The first-order valence-corrected chi connectivity index (χ1v) is 6.93. The van der Waals surface area contributed by atoms with Gasteiger partial charge in [0.15, 0.2) is 0 Å². The van der Waals surface area contributed by atoms with E-state index in [2.05, 4.69) is 6.92 Å². The molecular formula is C13H18O3S. The maximum atomic E-state index is 10.7. The van der Waals surface area contributed by atoms with E-state index in [1.165, 1.54) is 12.2 Å². The first kappa shape index (κ1) is 13.9. The third-order valence-electron chi connectivity index (χ3n) is 2.13. The number of thioether (sulfide) groups is 1. The van der Waals surface area contributed by atoms with E-state index < -0.39 is 5.97 Å². The zero-order chi connectivity index (χ0) is 12.5. The molecule has 3 nitrogen and oxygen atoms in total. The molecule has 0 unspecified atom stereocenters. The van der Waals surface area contributed by atoms with Gasteiger partial charge in [0.1, 0.15) is 5.75 Å². The van der Waals surface area contributed by atoms with Crippen molar-refractivity contribution >= 4 is 17.7 Å². The van der Waals surface area contributed by atoms with Gasteiger partial charge in [0.25, 0.3) is 0 Å². The molecule has 0 aliphatic heterocycles. The SMILES string of the molecule is CCCSCCCOc1cccc(C(=O)O)c1. The highest BCUT2D eigenvalue weighted by molar-refractivity contribution is 7.99. The second-order valence-corrected chi connectivity index (χ2v) is 4.87. The van der Waals surface area contributed by atoms with Crippen LogP contribution in [0.5, 0.6) is 5.75 Å². The lowest BCUT2D eigenvalue weighted by atomic mass is 10.2. The molecule has 0 saturated heterocycles. The van der Waals surface area contributed by atoms with Crippen molar-refractivity contribution in [1.29, 1.82) is 0 Å². The molecule has 0 saturated carbocycles. The predicted molar refractivity (Wildman–Crippen MR) is 71.1 cm³/mol. The van der Waals surface area contributed by atoms with Gasteiger partial charge in [0.2, 0.25) is 0 Å². The normalized spacial score (nSPS) is 10.2. The molecule has 0 heterocycles. The van der Waals surface area contributed by atoms with Crippen LogP contribution in [-0.2, 0) is 0 Å². The lowest BCUT2D eigenvalue weighted by Gasteiger charge is -2.06. The molecular weight excluding hydrogens is 236 g/mol. The maximum Gasteiger partial charge on any atom is 0.335 e. The standard InChI is InChI=1S/C13H18O3S/c1-2-8-17-9-4-7-16-12-6-3-5-11(10-12)13(14)15/h3,5-6,10H,2,4,7-9H2,1H3,(H,14,15). The zero-order valence-corrected chi connectivity index (χ0v) is 10.8. The van der Waals surface area contributed by atoms with E-state index in [1.807, 2.05) is 11.8 Å². The molecule has 94 valence electrons. The van der Waals surface area contributed by atoms with Crippen molar-refractivity contribution < 1.29 is 14.6 Å². The summed E-state index contributed by atoms with van der Waals surface area (Å²) in [5, 5.41) is 8.82. The minimum Gasteiger partial charge on any atom is -0.494 e. The fourth-order valence-corrected chi connectivity index (χ4v) is 2.13. The largest absolute Gasteiger partial charge is 0.494 e. The fourth-order valence-electron chi connectivity index (χ4n) is 1.32. The van der Waals surface area contributed by atoms with Gasteiger partial charge in [0.05, 0.1) is 12.2 Å². The zero-order valence-electron chi connectivity index (χ0n) is 10.0. The second-order valence-electron chi connectivity index (χ2n) is 3.65. The van der Waals surface area contributed by atoms with Crippen LogP contribution in [0.25, 0.3) is 0 Å². The van der Waals surface area contributed by atoms with Crippen LogP contribution in [0.1, 0.15) is 30.1 Å². The average Bonchev–Trinajstić information content (AvgIpc) is 2.34. The number of carboxylic acids is 1. The highest BCUT2D eigenvalue weighted by Crippen LogP contribution is 2.14. The van der Waals surface area contributed by atoms with Gasteiger partial charge >= 0.3 is 5.97 Å². The Morgan fingerprint density at radius 3 is 2.94 bits per heavy atom.